The van der Waals surface area contributed by atoms with E-state index in [1.807, 2.05) is 12.1 Å². The van der Waals surface area contributed by atoms with Gasteiger partial charge < -0.3 is 0 Å². The van der Waals surface area contributed by atoms with Crippen molar-refractivity contribution in [2.24, 2.45) is 7.05 Å². The standard InChI is InChI=1S/C13H10N6O/c1-18-12(7-19-8-15-17-11(19)6-14)16-10-5-3-2-4-9(10)13(18)20/h2-5,8H,7H2,1H3. The highest BCUT2D eigenvalue weighted by Gasteiger charge is 2.10. The molecule has 0 saturated carbocycles. The minimum atomic E-state index is -0.114. The van der Waals surface area contributed by atoms with Gasteiger partial charge in [-0.3, -0.25) is 13.9 Å². The smallest absolute Gasteiger partial charge is 0.261 e. The number of fused-ring (bicyclic) bond motifs is 1. The zero-order valence-corrected chi connectivity index (χ0v) is 10.7. The molecule has 7 heteroatoms. The molecule has 0 aliphatic carbocycles. The molecule has 0 aliphatic heterocycles. The zero-order chi connectivity index (χ0) is 14.1. The van der Waals surface area contributed by atoms with E-state index in [9.17, 15) is 4.79 Å². The summed E-state index contributed by atoms with van der Waals surface area (Å²) in [7, 11) is 1.66. The molecular formula is C13H10N6O. The van der Waals surface area contributed by atoms with E-state index in [0.717, 1.165) is 0 Å². The Kier molecular flexibility index (Phi) is 2.76. The van der Waals surface area contributed by atoms with Crippen molar-refractivity contribution in [3.63, 3.8) is 0 Å². The lowest BCUT2D eigenvalue weighted by atomic mass is 10.2. The van der Waals surface area contributed by atoms with Crippen LogP contribution >= 0.6 is 0 Å². The third kappa shape index (κ3) is 1.83. The second-order valence-electron chi connectivity index (χ2n) is 4.30. The molecular weight excluding hydrogens is 256 g/mol. The van der Waals surface area contributed by atoms with Gasteiger partial charge in [-0.15, -0.1) is 10.2 Å². The van der Waals surface area contributed by atoms with Crippen molar-refractivity contribution < 1.29 is 0 Å². The molecule has 2 heterocycles. The number of hydrogen-bond acceptors (Lipinski definition) is 5. The van der Waals surface area contributed by atoms with Crippen molar-refractivity contribution in [3.8, 4) is 6.07 Å². The van der Waals surface area contributed by atoms with Gasteiger partial charge in [0.05, 0.1) is 17.4 Å². The molecule has 1 aromatic carbocycles. The topological polar surface area (TPSA) is 89.4 Å². The van der Waals surface area contributed by atoms with E-state index in [2.05, 4.69) is 15.2 Å². The summed E-state index contributed by atoms with van der Waals surface area (Å²) in [6, 6.07) is 9.11. The third-order valence-corrected chi connectivity index (χ3v) is 3.10. The van der Waals surface area contributed by atoms with E-state index >= 15 is 0 Å². The third-order valence-electron chi connectivity index (χ3n) is 3.10. The summed E-state index contributed by atoms with van der Waals surface area (Å²) in [6.45, 7) is 0.270. The molecule has 0 saturated heterocycles. The molecule has 0 aliphatic rings. The van der Waals surface area contributed by atoms with E-state index in [1.54, 1.807) is 29.8 Å². The summed E-state index contributed by atoms with van der Waals surface area (Å²) in [6.07, 6.45) is 1.44. The van der Waals surface area contributed by atoms with Crippen molar-refractivity contribution >= 4 is 10.9 Å². The maximum atomic E-state index is 12.2. The van der Waals surface area contributed by atoms with Gasteiger partial charge in [0.1, 0.15) is 18.2 Å². The Morgan fingerprint density at radius 2 is 2.15 bits per heavy atom. The highest BCUT2D eigenvalue weighted by Crippen LogP contribution is 2.08. The molecule has 0 fully saturated rings. The molecule has 2 aromatic heterocycles. The second-order valence-corrected chi connectivity index (χ2v) is 4.30. The first-order valence-electron chi connectivity index (χ1n) is 5.93. The van der Waals surface area contributed by atoms with Crippen LogP contribution in [0.1, 0.15) is 11.6 Å². The largest absolute Gasteiger partial charge is 0.298 e. The van der Waals surface area contributed by atoms with Gasteiger partial charge in [0, 0.05) is 7.05 Å². The Morgan fingerprint density at radius 3 is 2.95 bits per heavy atom. The van der Waals surface area contributed by atoms with Crippen molar-refractivity contribution in [3.05, 3.63) is 52.6 Å². The lowest BCUT2D eigenvalue weighted by Crippen LogP contribution is -2.24. The number of nitriles is 1. The van der Waals surface area contributed by atoms with Gasteiger partial charge in [0.25, 0.3) is 5.56 Å². The van der Waals surface area contributed by atoms with Crippen LogP contribution in [0.2, 0.25) is 0 Å². The molecule has 0 N–H and O–H groups in total. The minimum Gasteiger partial charge on any atom is -0.298 e. The predicted octanol–water partition coefficient (Wildman–Crippen LogP) is 0.445. The Morgan fingerprint density at radius 1 is 1.35 bits per heavy atom. The first-order valence-corrected chi connectivity index (χ1v) is 5.93. The maximum absolute atomic E-state index is 12.2. The number of aromatic nitrogens is 5. The SMILES string of the molecule is Cn1c(Cn2cnnc2C#N)nc2ccccc2c1=O. The summed E-state index contributed by atoms with van der Waals surface area (Å²) >= 11 is 0. The van der Waals surface area contributed by atoms with Crippen molar-refractivity contribution in [1.82, 2.24) is 24.3 Å². The first-order chi connectivity index (χ1) is 9.70. The van der Waals surface area contributed by atoms with Crippen LogP contribution in [0, 0.1) is 11.3 Å². The van der Waals surface area contributed by atoms with Crippen LogP contribution in [0.3, 0.4) is 0 Å². The van der Waals surface area contributed by atoms with Gasteiger partial charge in [-0.2, -0.15) is 5.26 Å². The quantitative estimate of drug-likeness (QED) is 0.671. The average molecular weight is 266 g/mol. The molecule has 0 unspecified atom stereocenters. The van der Waals surface area contributed by atoms with Crippen molar-refractivity contribution in [2.75, 3.05) is 0 Å². The zero-order valence-electron chi connectivity index (χ0n) is 10.7. The molecule has 20 heavy (non-hydrogen) atoms. The van der Waals surface area contributed by atoms with E-state index < -0.39 is 0 Å². The summed E-state index contributed by atoms with van der Waals surface area (Å²) in [5, 5.41) is 16.9. The molecule has 98 valence electrons. The average Bonchev–Trinajstić information content (AvgIpc) is 2.92. The number of nitrogens with zero attached hydrogens (tertiary/aromatic N) is 6. The van der Waals surface area contributed by atoms with Gasteiger partial charge in [-0.1, -0.05) is 12.1 Å². The van der Waals surface area contributed by atoms with Crippen LogP contribution in [0.25, 0.3) is 10.9 Å². The molecule has 0 amide bonds. The molecule has 0 radical (unpaired) electrons. The summed E-state index contributed by atoms with van der Waals surface area (Å²) in [5.74, 6) is 0.734. The van der Waals surface area contributed by atoms with Crippen LogP contribution in [0.15, 0.2) is 35.4 Å². The van der Waals surface area contributed by atoms with Crippen LogP contribution in [0.5, 0.6) is 0 Å². The number of benzene rings is 1. The van der Waals surface area contributed by atoms with Crippen LogP contribution in [-0.4, -0.2) is 24.3 Å². The van der Waals surface area contributed by atoms with E-state index in [-0.39, 0.29) is 17.9 Å². The fraction of sp³-hybridized carbons (Fsp3) is 0.154. The number of rotatable bonds is 2. The fourth-order valence-electron chi connectivity index (χ4n) is 2.01. The maximum Gasteiger partial charge on any atom is 0.261 e. The highest BCUT2D eigenvalue weighted by atomic mass is 16.1. The summed E-state index contributed by atoms with van der Waals surface area (Å²) in [5.41, 5.74) is 0.523. The van der Waals surface area contributed by atoms with Crippen LogP contribution in [0.4, 0.5) is 0 Å². The molecule has 7 nitrogen and oxygen atoms in total. The van der Waals surface area contributed by atoms with Gasteiger partial charge in [-0.05, 0) is 12.1 Å². The van der Waals surface area contributed by atoms with Crippen LogP contribution < -0.4 is 5.56 Å². The van der Waals surface area contributed by atoms with Crippen LogP contribution in [-0.2, 0) is 13.6 Å². The lowest BCUT2D eigenvalue weighted by Gasteiger charge is -2.09. The van der Waals surface area contributed by atoms with E-state index in [4.69, 9.17) is 5.26 Å². The predicted molar refractivity (Wildman–Crippen MR) is 70.8 cm³/mol. The van der Waals surface area contributed by atoms with E-state index in [1.165, 1.54) is 10.9 Å². The molecule has 3 rings (SSSR count). The monoisotopic (exact) mass is 266 g/mol. The van der Waals surface area contributed by atoms with Gasteiger partial charge in [0.2, 0.25) is 5.82 Å². The normalized spacial score (nSPS) is 10.6. The Bertz CT molecular complexity index is 886. The van der Waals surface area contributed by atoms with E-state index in [0.29, 0.717) is 16.7 Å². The Balaban J connectivity index is 2.16. The summed E-state index contributed by atoms with van der Waals surface area (Å²) in [4.78, 5) is 16.7. The van der Waals surface area contributed by atoms with Crippen molar-refractivity contribution in [2.45, 2.75) is 6.54 Å². The minimum absolute atomic E-state index is 0.114. The molecule has 0 atom stereocenters. The molecule has 0 bridgehead atoms. The molecule has 0 spiro atoms. The van der Waals surface area contributed by atoms with Gasteiger partial charge in [0.15, 0.2) is 0 Å². The second kappa shape index (κ2) is 4.59. The van der Waals surface area contributed by atoms with Gasteiger partial charge >= 0.3 is 0 Å². The Hall–Kier alpha value is -3.01. The summed E-state index contributed by atoms with van der Waals surface area (Å²) < 4.78 is 3.03. The number of hydrogen-bond donors (Lipinski definition) is 0. The first kappa shape index (κ1) is 12.0. The molecule has 3 aromatic rings. The Labute approximate surface area is 113 Å². The number of para-hydroxylation sites is 1. The van der Waals surface area contributed by atoms with Gasteiger partial charge in [-0.25, -0.2) is 4.98 Å². The lowest BCUT2D eigenvalue weighted by molar-refractivity contribution is 0.664. The fourth-order valence-corrected chi connectivity index (χ4v) is 2.01. The van der Waals surface area contributed by atoms with Crippen molar-refractivity contribution in [1.29, 1.82) is 5.26 Å². The highest BCUT2D eigenvalue weighted by molar-refractivity contribution is 5.77.